The van der Waals surface area contributed by atoms with Crippen molar-refractivity contribution in [1.82, 2.24) is 5.32 Å². The predicted molar refractivity (Wildman–Crippen MR) is 67.0 cm³/mol. The third-order valence-electron chi connectivity index (χ3n) is 4.82. The van der Waals surface area contributed by atoms with Gasteiger partial charge >= 0.3 is 0 Å². The Kier molecular flexibility index (Phi) is 3.32. The third-order valence-corrected chi connectivity index (χ3v) is 4.82. The summed E-state index contributed by atoms with van der Waals surface area (Å²) >= 11 is 0. The fourth-order valence-corrected chi connectivity index (χ4v) is 3.68. The predicted octanol–water partition coefficient (Wildman–Crippen LogP) is 1.37. The van der Waals surface area contributed by atoms with Crippen LogP contribution in [0, 0.1) is 5.92 Å². The Morgan fingerprint density at radius 3 is 2.67 bits per heavy atom. The molecule has 1 aliphatic carbocycles. The van der Waals surface area contributed by atoms with Gasteiger partial charge in [-0.1, -0.05) is 19.3 Å². The Balaban J connectivity index is 1.49. The summed E-state index contributed by atoms with van der Waals surface area (Å²) in [6.07, 6.45) is 8.44. The van der Waals surface area contributed by atoms with E-state index in [1.807, 2.05) is 0 Å². The molecule has 3 unspecified atom stereocenters. The van der Waals surface area contributed by atoms with Gasteiger partial charge in [-0.25, -0.2) is 0 Å². The van der Waals surface area contributed by atoms with Gasteiger partial charge in [-0.05, 0) is 32.1 Å². The molecule has 3 fully saturated rings. The van der Waals surface area contributed by atoms with Crippen LogP contribution < -0.4 is 5.32 Å². The maximum Gasteiger partial charge on any atom is 0.225 e. The number of amides is 1. The lowest BCUT2D eigenvalue weighted by Crippen LogP contribution is -2.47. The Bertz CT molecular complexity index is 325. The second kappa shape index (κ2) is 4.82. The zero-order valence-electron chi connectivity index (χ0n) is 10.9. The molecule has 0 aromatic rings. The summed E-state index contributed by atoms with van der Waals surface area (Å²) in [5.74, 6) is 0.108. The first-order valence-corrected chi connectivity index (χ1v) is 7.32. The molecule has 3 atom stereocenters. The summed E-state index contributed by atoms with van der Waals surface area (Å²) in [5, 5.41) is 13.3. The number of ether oxygens (including phenoxy) is 1. The van der Waals surface area contributed by atoms with Crippen LogP contribution >= 0.6 is 0 Å². The molecule has 2 heterocycles. The summed E-state index contributed by atoms with van der Waals surface area (Å²) < 4.78 is 5.70. The van der Waals surface area contributed by atoms with Crippen LogP contribution in [0.5, 0.6) is 0 Å². The Hall–Kier alpha value is -0.610. The molecule has 0 aromatic carbocycles. The van der Waals surface area contributed by atoms with Crippen LogP contribution in [0.1, 0.15) is 51.4 Å². The van der Waals surface area contributed by atoms with E-state index in [2.05, 4.69) is 5.32 Å². The maximum absolute atomic E-state index is 12.1. The number of carbonyl (C=O) groups is 1. The van der Waals surface area contributed by atoms with Crippen molar-refractivity contribution in [1.29, 1.82) is 0 Å². The molecular weight excluding hydrogens is 230 g/mol. The smallest absolute Gasteiger partial charge is 0.225 e. The van der Waals surface area contributed by atoms with Crippen molar-refractivity contribution in [3.05, 3.63) is 0 Å². The zero-order valence-corrected chi connectivity index (χ0v) is 10.9. The zero-order chi connectivity index (χ0) is 12.6. The highest BCUT2D eigenvalue weighted by Gasteiger charge is 2.44. The van der Waals surface area contributed by atoms with E-state index in [0.29, 0.717) is 12.6 Å². The molecular formula is C14H23NO3. The molecule has 2 bridgehead atoms. The first kappa shape index (κ1) is 12.4. The van der Waals surface area contributed by atoms with Crippen LogP contribution in [0.3, 0.4) is 0 Å². The van der Waals surface area contributed by atoms with Crippen LogP contribution in [0.2, 0.25) is 0 Å². The fourth-order valence-electron chi connectivity index (χ4n) is 3.68. The van der Waals surface area contributed by atoms with Crippen LogP contribution in [0.4, 0.5) is 0 Å². The highest BCUT2D eigenvalue weighted by atomic mass is 16.5. The molecule has 1 saturated carbocycles. The Morgan fingerprint density at radius 2 is 2.06 bits per heavy atom. The molecule has 3 rings (SSSR count). The SMILES string of the molecule is O=C(NCC1(O)CCCCC1)C1CC2CCC1O2. The van der Waals surface area contributed by atoms with Crippen LogP contribution in [-0.2, 0) is 9.53 Å². The van der Waals surface area contributed by atoms with Crippen LogP contribution in [-0.4, -0.2) is 35.4 Å². The second-order valence-electron chi connectivity index (χ2n) is 6.22. The molecule has 4 nitrogen and oxygen atoms in total. The van der Waals surface area contributed by atoms with Gasteiger partial charge in [-0.15, -0.1) is 0 Å². The van der Waals surface area contributed by atoms with E-state index in [1.165, 1.54) is 6.42 Å². The van der Waals surface area contributed by atoms with Crippen molar-refractivity contribution in [2.45, 2.75) is 69.2 Å². The first-order chi connectivity index (χ1) is 8.66. The van der Waals surface area contributed by atoms with E-state index >= 15 is 0 Å². The Labute approximate surface area is 108 Å². The van der Waals surface area contributed by atoms with E-state index in [1.54, 1.807) is 0 Å². The monoisotopic (exact) mass is 253 g/mol. The van der Waals surface area contributed by atoms with Gasteiger partial charge in [0.05, 0.1) is 23.7 Å². The van der Waals surface area contributed by atoms with Crippen molar-refractivity contribution >= 4 is 5.91 Å². The van der Waals surface area contributed by atoms with Gasteiger partial charge in [0.25, 0.3) is 0 Å². The maximum atomic E-state index is 12.1. The molecule has 2 N–H and O–H groups in total. The summed E-state index contributed by atoms with van der Waals surface area (Å²) in [5.41, 5.74) is -0.660. The summed E-state index contributed by atoms with van der Waals surface area (Å²) in [7, 11) is 0. The number of fused-ring (bicyclic) bond motifs is 2. The summed E-state index contributed by atoms with van der Waals surface area (Å²) in [6.45, 7) is 0.416. The largest absolute Gasteiger partial charge is 0.388 e. The van der Waals surface area contributed by atoms with Crippen molar-refractivity contribution in [3.8, 4) is 0 Å². The minimum absolute atomic E-state index is 0.0240. The molecule has 3 aliphatic rings. The molecule has 0 spiro atoms. The van der Waals surface area contributed by atoms with Crippen molar-refractivity contribution in [3.63, 3.8) is 0 Å². The van der Waals surface area contributed by atoms with Gasteiger partial charge in [0.1, 0.15) is 0 Å². The molecule has 1 amide bonds. The molecule has 4 heteroatoms. The van der Waals surface area contributed by atoms with Crippen molar-refractivity contribution < 1.29 is 14.6 Å². The molecule has 0 aromatic heterocycles. The van der Waals surface area contributed by atoms with E-state index in [-0.39, 0.29) is 17.9 Å². The average molecular weight is 253 g/mol. The molecule has 18 heavy (non-hydrogen) atoms. The quantitative estimate of drug-likeness (QED) is 0.798. The average Bonchev–Trinajstić information content (AvgIpc) is 2.99. The van der Waals surface area contributed by atoms with Crippen molar-refractivity contribution in [2.75, 3.05) is 6.54 Å². The van der Waals surface area contributed by atoms with Crippen LogP contribution in [0.15, 0.2) is 0 Å². The van der Waals surface area contributed by atoms with Gasteiger partial charge in [0.2, 0.25) is 5.91 Å². The third kappa shape index (κ3) is 2.41. The minimum Gasteiger partial charge on any atom is -0.388 e. The lowest BCUT2D eigenvalue weighted by atomic mass is 9.84. The standard InChI is InChI=1S/C14H23NO3/c16-13(11-8-10-4-5-12(11)18-10)15-9-14(17)6-2-1-3-7-14/h10-12,17H,1-9H2,(H,15,16). The number of nitrogens with one attached hydrogen (secondary N) is 1. The highest BCUT2D eigenvalue weighted by Crippen LogP contribution is 2.38. The lowest BCUT2D eigenvalue weighted by Gasteiger charge is -2.32. The summed E-state index contributed by atoms with van der Waals surface area (Å²) in [6, 6.07) is 0. The van der Waals surface area contributed by atoms with E-state index in [0.717, 1.165) is 44.9 Å². The molecule has 102 valence electrons. The minimum atomic E-state index is -0.660. The summed E-state index contributed by atoms with van der Waals surface area (Å²) in [4.78, 5) is 12.1. The van der Waals surface area contributed by atoms with Gasteiger partial charge in [0, 0.05) is 6.54 Å². The van der Waals surface area contributed by atoms with Gasteiger partial charge in [-0.3, -0.25) is 4.79 Å². The Morgan fingerprint density at radius 1 is 1.28 bits per heavy atom. The normalized spacial score (nSPS) is 37.7. The van der Waals surface area contributed by atoms with E-state index in [9.17, 15) is 9.90 Å². The number of aliphatic hydroxyl groups is 1. The first-order valence-electron chi connectivity index (χ1n) is 7.32. The topological polar surface area (TPSA) is 58.6 Å². The number of hydrogen-bond acceptors (Lipinski definition) is 3. The van der Waals surface area contributed by atoms with Gasteiger partial charge in [0.15, 0.2) is 0 Å². The van der Waals surface area contributed by atoms with E-state index in [4.69, 9.17) is 4.74 Å². The number of carbonyl (C=O) groups excluding carboxylic acids is 1. The number of rotatable bonds is 3. The molecule has 0 radical (unpaired) electrons. The second-order valence-corrected chi connectivity index (χ2v) is 6.22. The van der Waals surface area contributed by atoms with Crippen LogP contribution in [0.25, 0.3) is 0 Å². The lowest BCUT2D eigenvalue weighted by molar-refractivity contribution is -0.128. The fraction of sp³-hybridized carbons (Fsp3) is 0.929. The van der Waals surface area contributed by atoms with Crippen molar-refractivity contribution in [2.24, 2.45) is 5.92 Å². The molecule has 2 aliphatic heterocycles. The van der Waals surface area contributed by atoms with E-state index < -0.39 is 5.60 Å². The molecule has 2 saturated heterocycles. The van der Waals surface area contributed by atoms with Gasteiger partial charge in [-0.2, -0.15) is 0 Å². The number of hydrogen-bond donors (Lipinski definition) is 2. The van der Waals surface area contributed by atoms with Gasteiger partial charge < -0.3 is 15.2 Å². The highest BCUT2D eigenvalue weighted by molar-refractivity contribution is 5.79.